The molecule has 1 aromatic heterocycles. The SMILES string of the molecule is NNc1ncc(Br)c(Nc2cccc(I)c2)n1. The molecular weight excluding hydrogens is 397 g/mol. The smallest absolute Gasteiger partial charge is 0.239 e. The highest BCUT2D eigenvalue weighted by Gasteiger charge is 2.04. The van der Waals surface area contributed by atoms with Crippen molar-refractivity contribution in [3.05, 3.63) is 38.5 Å². The van der Waals surface area contributed by atoms with Gasteiger partial charge in [-0.25, -0.2) is 10.8 Å². The van der Waals surface area contributed by atoms with E-state index in [4.69, 9.17) is 5.84 Å². The van der Waals surface area contributed by atoms with E-state index in [0.29, 0.717) is 11.8 Å². The number of anilines is 3. The average Bonchev–Trinajstić information content (AvgIpc) is 2.32. The van der Waals surface area contributed by atoms with E-state index in [9.17, 15) is 0 Å². The molecule has 0 aliphatic carbocycles. The van der Waals surface area contributed by atoms with E-state index >= 15 is 0 Å². The number of nitrogen functional groups attached to an aromatic ring is 1. The standard InChI is InChI=1S/C10H9BrIN5/c11-8-5-14-10(17-13)16-9(8)15-7-3-1-2-6(12)4-7/h1-5H,13H2,(H2,14,15,16,17). The molecule has 4 N–H and O–H groups in total. The summed E-state index contributed by atoms with van der Waals surface area (Å²) in [5.74, 6) is 6.29. The van der Waals surface area contributed by atoms with Crippen molar-refractivity contribution in [3.63, 3.8) is 0 Å². The molecule has 0 radical (unpaired) electrons. The second-order valence-corrected chi connectivity index (χ2v) is 5.27. The van der Waals surface area contributed by atoms with Gasteiger partial charge in [-0.3, -0.25) is 5.43 Å². The van der Waals surface area contributed by atoms with Crippen molar-refractivity contribution in [3.8, 4) is 0 Å². The number of rotatable bonds is 3. The fraction of sp³-hybridized carbons (Fsp3) is 0. The van der Waals surface area contributed by atoms with Crippen LogP contribution in [0.5, 0.6) is 0 Å². The third-order valence-corrected chi connectivity index (χ3v) is 3.21. The van der Waals surface area contributed by atoms with Gasteiger partial charge >= 0.3 is 0 Å². The molecule has 17 heavy (non-hydrogen) atoms. The number of nitrogens with one attached hydrogen (secondary N) is 2. The maximum atomic E-state index is 5.27. The summed E-state index contributed by atoms with van der Waals surface area (Å²) < 4.78 is 1.92. The summed E-state index contributed by atoms with van der Waals surface area (Å²) in [5.41, 5.74) is 3.36. The van der Waals surface area contributed by atoms with Gasteiger partial charge in [0.1, 0.15) is 5.82 Å². The van der Waals surface area contributed by atoms with Crippen LogP contribution in [0.4, 0.5) is 17.5 Å². The highest BCUT2D eigenvalue weighted by Crippen LogP contribution is 2.24. The first-order chi connectivity index (χ1) is 8.19. The maximum absolute atomic E-state index is 5.27. The Labute approximate surface area is 120 Å². The van der Waals surface area contributed by atoms with E-state index in [-0.39, 0.29) is 0 Å². The Kier molecular flexibility index (Phi) is 4.13. The van der Waals surface area contributed by atoms with Gasteiger partial charge in [0.05, 0.1) is 4.47 Å². The first kappa shape index (κ1) is 12.5. The Morgan fingerprint density at radius 3 is 2.88 bits per heavy atom. The molecular formula is C10H9BrIN5. The van der Waals surface area contributed by atoms with Gasteiger partial charge in [0.2, 0.25) is 5.95 Å². The number of hydrogen-bond acceptors (Lipinski definition) is 5. The summed E-state index contributed by atoms with van der Waals surface area (Å²) in [5, 5.41) is 3.19. The monoisotopic (exact) mass is 405 g/mol. The zero-order valence-electron chi connectivity index (χ0n) is 8.61. The fourth-order valence-corrected chi connectivity index (χ4v) is 2.06. The van der Waals surface area contributed by atoms with Crippen LogP contribution in [0, 0.1) is 3.57 Å². The number of nitrogens with two attached hydrogens (primary N) is 1. The quantitative estimate of drug-likeness (QED) is 0.416. The maximum Gasteiger partial charge on any atom is 0.239 e. The number of hydrazine groups is 1. The molecule has 0 bridgehead atoms. The Balaban J connectivity index is 2.29. The van der Waals surface area contributed by atoms with Gasteiger partial charge in [-0.15, -0.1) is 0 Å². The van der Waals surface area contributed by atoms with E-state index < -0.39 is 0 Å². The number of halogens is 2. The molecule has 2 rings (SSSR count). The average molecular weight is 406 g/mol. The normalized spacial score (nSPS) is 10.1. The zero-order chi connectivity index (χ0) is 12.3. The number of nitrogens with zero attached hydrogens (tertiary/aromatic N) is 2. The lowest BCUT2D eigenvalue weighted by Crippen LogP contribution is -2.11. The van der Waals surface area contributed by atoms with Crippen LogP contribution in [-0.2, 0) is 0 Å². The largest absolute Gasteiger partial charge is 0.339 e. The van der Waals surface area contributed by atoms with Gasteiger partial charge in [-0.05, 0) is 56.7 Å². The van der Waals surface area contributed by atoms with Crippen LogP contribution in [0.3, 0.4) is 0 Å². The Morgan fingerprint density at radius 2 is 2.18 bits per heavy atom. The lowest BCUT2D eigenvalue weighted by atomic mass is 10.3. The topological polar surface area (TPSA) is 75.9 Å². The van der Waals surface area contributed by atoms with Gasteiger partial charge in [0.15, 0.2) is 0 Å². The van der Waals surface area contributed by atoms with Crippen molar-refractivity contribution in [2.24, 2.45) is 5.84 Å². The van der Waals surface area contributed by atoms with Crippen LogP contribution in [0.25, 0.3) is 0 Å². The van der Waals surface area contributed by atoms with E-state index in [1.165, 1.54) is 0 Å². The van der Waals surface area contributed by atoms with Crippen molar-refractivity contribution < 1.29 is 0 Å². The minimum Gasteiger partial charge on any atom is -0.339 e. The molecule has 0 atom stereocenters. The minimum absolute atomic E-state index is 0.362. The van der Waals surface area contributed by atoms with Crippen LogP contribution >= 0.6 is 38.5 Å². The van der Waals surface area contributed by atoms with Crippen LogP contribution in [0.15, 0.2) is 34.9 Å². The second-order valence-electron chi connectivity index (χ2n) is 3.17. The van der Waals surface area contributed by atoms with Crippen molar-refractivity contribution >= 4 is 56.0 Å². The van der Waals surface area contributed by atoms with Crippen molar-refractivity contribution in [1.82, 2.24) is 9.97 Å². The summed E-state index contributed by atoms with van der Waals surface area (Å²) in [6, 6.07) is 7.98. The second kappa shape index (κ2) is 5.61. The summed E-state index contributed by atoms with van der Waals surface area (Å²) in [7, 11) is 0. The first-order valence-electron chi connectivity index (χ1n) is 4.71. The van der Waals surface area contributed by atoms with Crippen LogP contribution in [-0.4, -0.2) is 9.97 Å². The number of hydrogen-bond donors (Lipinski definition) is 3. The molecule has 0 fully saturated rings. The Bertz CT molecular complexity index is 534. The molecule has 0 aliphatic heterocycles. The van der Waals surface area contributed by atoms with E-state index in [0.717, 1.165) is 13.7 Å². The predicted octanol–water partition coefficient (Wildman–Crippen LogP) is 2.87. The zero-order valence-corrected chi connectivity index (χ0v) is 12.4. The molecule has 0 saturated heterocycles. The molecule has 0 saturated carbocycles. The van der Waals surface area contributed by atoms with Gasteiger partial charge in [0, 0.05) is 15.5 Å². The Hall–Kier alpha value is -0.930. The van der Waals surface area contributed by atoms with Crippen LogP contribution in [0.2, 0.25) is 0 Å². The summed E-state index contributed by atoms with van der Waals surface area (Å²) in [4.78, 5) is 8.19. The summed E-state index contributed by atoms with van der Waals surface area (Å²) in [6.45, 7) is 0. The highest BCUT2D eigenvalue weighted by molar-refractivity contribution is 14.1. The van der Waals surface area contributed by atoms with Crippen LogP contribution < -0.4 is 16.6 Å². The molecule has 0 unspecified atom stereocenters. The lowest BCUT2D eigenvalue weighted by Gasteiger charge is -2.08. The molecule has 7 heteroatoms. The van der Waals surface area contributed by atoms with Crippen molar-refractivity contribution in [2.45, 2.75) is 0 Å². The third-order valence-electron chi connectivity index (χ3n) is 1.96. The molecule has 0 amide bonds. The lowest BCUT2D eigenvalue weighted by molar-refractivity contribution is 1.11. The fourth-order valence-electron chi connectivity index (χ4n) is 1.23. The number of aromatic nitrogens is 2. The molecule has 1 aromatic carbocycles. The van der Waals surface area contributed by atoms with Crippen LogP contribution in [0.1, 0.15) is 0 Å². The van der Waals surface area contributed by atoms with Crippen molar-refractivity contribution in [2.75, 3.05) is 10.7 Å². The van der Waals surface area contributed by atoms with E-state index in [2.05, 4.69) is 59.2 Å². The first-order valence-corrected chi connectivity index (χ1v) is 6.58. The molecule has 1 heterocycles. The molecule has 88 valence electrons. The van der Waals surface area contributed by atoms with E-state index in [1.807, 2.05) is 24.3 Å². The summed E-state index contributed by atoms with van der Waals surface area (Å²) in [6.07, 6.45) is 1.64. The van der Waals surface area contributed by atoms with Gasteiger partial charge < -0.3 is 5.32 Å². The van der Waals surface area contributed by atoms with Gasteiger partial charge in [-0.1, -0.05) is 6.07 Å². The van der Waals surface area contributed by atoms with Gasteiger partial charge in [-0.2, -0.15) is 4.98 Å². The molecule has 0 aliphatic rings. The van der Waals surface area contributed by atoms with E-state index in [1.54, 1.807) is 6.20 Å². The molecule has 0 spiro atoms. The minimum atomic E-state index is 0.362. The summed E-state index contributed by atoms with van der Waals surface area (Å²) >= 11 is 5.63. The molecule has 5 nitrogen and oxygen atoms in total. The Morgan fingerprint density at radius 1 is 1.35 bits per heavy atom. The van der Waals surface area contributed by atoms with Crippen molar-refractivity contribution in [1.29, 1.82) is 0 Å². The highest BCUT2D eigenvalue weighted by atomic mass is 127. The predicted molar refractivity (Wildman–Crippen MR) is 80.0 cm³/mol. The number of benzene rings is 1. The third kappa shape index (κ3) is 3.27. The van der Waals surface area contributed by atoms with Gasteiger partial charge in [0.25, 0.3) is 0 Å². The molecule has 2 aromatic rings.